The highest BCUT2D eigenvalue weighted by molar-refractivity contribution is 7.89. The predicted octanol–water partition coefficient (Wildman–Crippen LogP) is 1.80. The molecule has 0 heterocycles. The van der Waals surface area contributed by atoms with Gasteiger partial charge in [0.05, 0.1) is 17.9 Å². The number of rotatable bonds is 5. The van der Waals surface area contributed by atoms with Crippen LogP contribution in [0.4, 0.5) is 0 Å². The maximum Gasteiger partial charge on any atom is 0.306 e. The lowest BCUT2D eigenvalue weighted by Gasteiger charge is -2.38. The number of nitrogens with zero attached hydrogens (tertiary/aromatic N) is 1. The molecule has 6 nitrogen and oxygen atoms in total. The monoisotopic (exact) mass is 327 g/mol. The Morgan fingerprint density at radius 3 is 2.18 bits per heavy atom. The first-order chi connectivity index (χ1) is 10.2. The molecule has 0 aromatic heterocycles. The Morgan fingerprint density at radius 2 is 1.77 bits per heavy atom. The Hall–Kier alpha value is -1.60. The van der Waals surface area contributed by atoms with Crippen LogP contribution < -0.4 is 4.74 Å². The van der Waals surface area contributed by atoms with Gasteiger partial charge < -0.3 is 9.84 Å². The van der Waals surface area contributed by atoms with Crippen LogP contribution in [0.25, 0.3) is 0 Å². The number of carbonyl (C=O) groups is 1. The van der Waals surface area contributed by atoms with Crippen LogP contribution in [0.5, 0.6) is 5.75 Å². The SMILES string of the molecule is COc1cc(C)c(S(=O)(=O)N(C)C2CC(C(=O)O)C2)c(C)c1. The van der Waals surface area contributed by atoms with E-state index in [1.54, 1.807) is 26.0 Å². The van der Waals surface area contributed by atoms with Gasteiger partial charge in [0.25, 0.3) is 0 Å². The van der Waals surface area contributed by atoms with Crippen molar-refractivity contribution in [2.24, 2.45) is 5.92 Å². The van der Waals surface area contributed by atoms with Crippen molar-refractivity contribution in [1.82, 2.24) is 4.31 Å². The van der Waals surface area contributed by atoms with E-state index in [4.69, 9.17) is 9.84 Å². The molecule has 1 aromatic rings. The van der Waals surface area contributed by atoms with Gasteiger partial charge in [-0.1, -0.05) is 0 Å². The molecule has 0 bridgehead atoms. The van der Waals surface area contributed by atoms with Gasteiger partial charge in [-0.3, -0.25) is 4.79 Å². The third kappa shape index (κ3) is 2.83. The summed E-state index contributed by atoms with van der Waals surface area (Å²) >= 11 is 0. The minimum atomic E-state index is -3.65. The molecule has 0 amide bonds. The molecule has 0 saturated heterocycles. The first-order valence-corrected chi connectivity index (χ1v) is 8.48. The van der Waals surface area contributed by atoms with Gasteiger partial charge >= 0.3 is 5.97 Å². The maximum absolute atomic E-state index is 12.8. The van der Waals surface area contributed by atoms with Crippen LogP contribution >= 0.6 is 0 Å². The molecule has 1 aliphatic rings. The highest BCUT2D eigenvalue weighted by Crippen LogP contribution is 2.36. The van der Waals surface area contributed by atoms with Crippen molar-refractivity contribution in [2.45, 2.75) is 37.6 Å². The zero-order chi connectivity index (χ0) is 16.7. The van der Waals surface area contributed by atoms with Crippen molar-refractivity contribution >= 4 is 16.0 Å². The molecular formula is C15H21NO5S. The Labute approximate surface area is 130 Å². The number of sulfonamides is 1. The van der Waals surface area contributed by atoms with Crippen LogP contribution in [-0.4, -0.2) is 44.0 Å². The molecular weight excluding hydrogens is 306 g/mol. The van der Waals surface area contributed by atoms with Gasteiger partial charge in [-0.15, -0.1) is 0 Å². The summed E-state index contributed by atoms with van der Waals surface area (Å²) in [5.41, 5.74) is 1.25. The molecule has 0 unspecified atom stereocenters. The molecule has 22 heavy (non-hydrogen) atoms. The minimum Gasteiger partial charge on any atom is -0.497 e. The van der Waals surface area contributed by atoms with E-state index >= 15 is 0 Å². The standard InChI is InChI=1S/C15H21NO5S/c1-9-5-13(21-4)6-10(2)14(9)22(19,20)16(3)12-7-11(8-12)15(17)18/h5-6,11-12H,7-8H2,1-4H3,(H,17,18). The molecule has 122 valence electrons. The second-order valence-electron chi connectivity index (χ2n) is 5.77. The molecule has 0 aliphatic heterocycles. The van der Waals surface area contributed by atoms with Gasteiger partial charge in [-0.25, -0.2) is 8.42 Å². The Kier molecular flexibility index (Phi) is 4.49. The van der Waals surface area contributed by atoms with E-state index in [1.807, 2.05) is 0 Å². The van der Waals surface area contributed by atoms with E-state index in [0.29, 0.717) is 29.7 Å². The fourth-order valence-electron chi connectivity index (χ4n) is 2.86. The van der Waals surface area contributed by atoms with Crippen molar-refractivity contribution < 1.29 is 23.1 Å². The van der Waals surface area contributed by atoms with E-state index < -0.39 is 21.9 Å². The summed E-state index contributed by atoms with van der Waals surface area (Å²) in [4.78, 5) is 11.1. The smallest absolute Gasteiger partial charge is 0.306 e. The van der Waals surface area contributed by atoms with Crippen molar-refractivity contribution in [2.75, 3.05) is 14.2 Å². The van der Waals surface area contributed by atoms with E-state index in [0.717, 1.165) is 0 Å². The largest absolute Gasteiger partial charge is 0.497 e. The number of methoxy groups -OCH3 is 1. The Bertz CT molecular complexity index is 669. The van der Waals surface area contributed by atoms with E-state index in [1.165, 1.54) is 18.5 Å². The lowest BCUT2D eigenvalue weighted by Crippen LogP contribution is -2.47. The van der Waals surface area contributed by atoms with Crippen LogP contribution in [-0.2, 0) is 14.8 Å². The second kappa shape index (κ2) is 5.89. The number of hydrogen-bond donors (Lipinski definition) is 1. The summed E-state index contributed by atoms with van der Waals surface area (Å²) in [6.45, 7) is 3.47. The normalized spacial score (nSPS) is 21.5. The number of ether oxygens (including phenoxy) is 1. The van der Waals surface area contributed by atoms with E-state index in [9.17, 15) is 13.2 Å². The molecule has 0 spiro atoms. The van der Waals surface area contributed by atoms with Crippen molar-refractivity contribution in [1.29, 1.82) is 0 Å². The van der Waals surface area contributed by atoms with Crippen LogP contribution in [0.2, 0.25) is 0 Å². The van der Waals surface area contributed by atoms with Gasteiger partial charge in [-0.2, -0.15) is 4.31 Å². The van der Waals surface area contributed by atoms with Crippen molar-refractivity contribution in [3.8, 4) is 5.75 Å². The zero-order valence-electron chi connectivity index (χ0n) is 13.2. The average Bonchev–Trinajstić information content (AvgIpc) is 2.34. The fourth-order valence-corrected chi connectivity index (χ4v) is 4.65. The summed E-state index contributed by atoms with van der Waals surface area (Å²) < 4.78 is 32.1. The first-order valence-electron chi connectivity index (χ1n) is 7.04. The third-order valence-electron chi connectivity index (χ3n) is 4.28. The average molecular weight is 327 g/mol. The summed E-state index contributed by atoms with van der Waals surface area (Å²) in [5.74, 6) is -0.689. The van der Waals surface area contributed by atoms with Gasteiger partial charge in [0.2, 0.25) is 10.0 Å². The molecule has 2 rings (SSSR count). The molecule has 7 heteroatoms. The van der Waals surface area contributed by atoms with Crippen LogP contribution in [0.15, 0.2) is 17.0 Å². The number of aryl methyl sites for hydroxylation is 2. The van der Waals surface area contributed by atoms with Gasteiger partial charge in [0.15, 0.2) is 0 Å². The minimum absolute atomic E-state index is 0.257. The molecule has 1 N–H and O–H groups in total. The van der Waals surface area contributed by atoms with E-state index in [-0.39, 0.29) is 10.9 Å². The molecule has 0 radical (unpaired) electrons. The lowest BCUT2D eigenvalue weighted by molar-refractivity contribution is -0.146. The molecule has 1 aliphatic carbocycles. The van der Waals surface area contributed by atoms with Gasteiger partial charge in [-0.05, 0) is 49.9 Å². The summed E-state index contributed by atoms with van der Waals surface area (Å²) in [6.07, 6.45) is 0.721. The maximum atomic E-state index is 12.8. The number of carboxylic acids is 1. The summed E-state index contributed by atoms with van der Waals surface area (Å²) in [7, 11) is -0.598. The Balaban J connectivity index is 2.30. The zero-order valence-corrected chi connectivity index (χ0v) is 14.0. The first kappa shape index (κ1) is 16.8. The predicted molar refractivity (Wildman–Crippen MR) is 81.6 cm³/mol. The third-order valence-corrected chi connectivity index (χ3v) is 6.50. The van der Waals surface area contributed by atoms with Crippen molar-refractivity contribution in [3.05, 3.63) is 23.3 Å². The quantitative estimate of drug-likeness (QED) is 0.891. The highest BCUT2D eigenvalue weighted by atomic mass is 32.2. The number of hydrogen-bond acceptors (Lipinski definition) is 4. The van der Waals surface area contributed by atoms with Crippen LogP contribution in [0.3, 0.4) is 0 Å². The molecule has 1 saturated carbocycles. The van der Waals surface area contributed by atoms with Crippen LogP contribution in [0.1, 0.15) is 24.0 Å². The number of aliphatic carboxylic acids is 1. The molecule has 1 fully saturated rings. The van der Waals surface area contributed by atoms with Crippen LogP contribution in [0, 0.1) is 19.8 Å². The topological polar surface area (TPSA) is 83.9 Å². The highest BCUT2D eigenvalue weighted by Gasteiger charge is 2.41. The van der Waals surface area contributed by atoms with Crippen molar-refractivity contribution in [3.63, 3.8) is 0 Å². The molecule has 1 aromatic carbocycles. The van der Waals surface area contributed by atoms with Gasteiger partial charge in [0.1, 0.15) is 5.75 Å². The lowest BCUT2D eigenvalue weighted by atomic mass is 9.80. The second-order valence-corrected chi connectivity index (χ2v) is 7.71. The molecule has 0 atom stereocenters. The number of benzene rings is 1. The van der Waals surface area contributed by atoms with E-state index in [2.05, 4.69) is 0 Å². The van der Waals surface area contributed by atoms with Gasteiger partial charge in [0, 0.05) is 13.1 Å². The summed E-state index contributed by atoms with van der Waals surface area (Å²) in [6, 6.07) is 3.12. The summed E-state index contributed by atoms with van der Waals surface area (Å²) in [5, 5.41) is 8.92. The Morgan fingerprint density at radius 1 is 1.27 bits per heavy atom. The fraction of sp³-hybridized carbons (Fsp3) is 0.533. The number of carboxylic acid groups (broad SMARTS) is 1.